The Kier molecular flexibility index (Phi) is 6.67. The Balaban J connectivity index is 1.75. The van der Waals surface area contributed by atoms with Gasteiger partial charge in [0.1, 0.15) is 17.1 Å². The lowest BCUT2D eigenvalue weighted by Gasteiger charge is -2.31. The fourth-order valence-corrected chi connectivity index (χ4v) is 4.19. The molecular formula is C18H22F2N6O4S. The first-order chi connectivity index (χ1) is 14.7. The maximum atomic E-state index is 14.2. The van der Waals surface area contributed by atoms with Crippen LogP contribution in [0, 0.1) is 11.6 Å². The van der Waals surface area contributed by atoms with E-state index in [0.29, 0.717) is 25.9 Å². The molecule has 1 aliphatic rings. The SMILES string of the molecule is CNS(=O)(=O)N1CCC(Nc2ncc(C(=O)c3c(OC)ccc(F)c3F)c(N)n2)CC1. The van der Waals surface area contributed by atoms with E-state index in [1.165, 1.54) is 18.5 Å². The monoisotopic (exact) mass is 456 g/mol. The second-order valence-corrected chi connectivity index (χ2v) is 8.66. The summed E-state index contributed by atoms with van der Waals surface area (Å²) in [6, 6.07) is 1.88. The van der Waals surface area contributed by atoms with Crippen LogP contribution in [-0.2, 0) is 10.2 Å². The van der Waals surface area contributed by atoms with E-state index >= 15 is 0 Å². The predicted octanol–water partition coefficient (Wildman–Crippen LogP) is 0.917. The number of nitrogens with one attached hydrogen (secondary N) is 2. The first-order valence-electron chi connectivity index (χ1n) is 9.32. The fourth-order valence-electron chi connectivity index (χ4n) is 3.24. The molecule has 3 rings (SSSR count). The van der Waals surface area contributed by atoms with Gasteiger partial charge >= 0.3 is 0 Å². The number of hydrogen-bond acceptors (Lipinski definition) is 8. The predicted molar refractivity (Wildman–Crippen MR) is 109 cm³/mol. The number of ketones is 1. The van der Waals surface area contributed by atoms with E-state index in [2.05, 4.69) is 20.0 Å². The average molecular weight is 456 g/mol. The maximum Gasteiger partial charge on any atom is 0.279 e. The number of methoxy groups -OCH3 is 1. The lowest BCUT2D eigenvalue weighted by molar-refractivity contribution is 0.103. The van der Waals surface area contributed by atoms with Crippen LogP contribution in [0.1, 0.15) is 28.8 Å². The lowest BCUT2D eigenvalue weighted by atomic mass is 10.0. The van der Waals surface area contributed by atoms with E-state index in [-0.39, 0.29) is 29.1 Å². The third-order valence-electron chi connectivity index (χ3n) is 4.95. The highest BCUT2D eigenvalue weighted by molar-refractivity contribution is 7.87. The molecule has 0 radical (unpaired) electrons. The van der Waals surface area contributed by atoms with Gasteiger partial charge in [-0.05, 0) is 25.0 Å². The van der Waals surface area contributed by atoms with Crippen LogP contribution in [0.5, 0.6) is 5.75 Å². The number of nitrogen functional groups attached to an aromatic ring is 1. The Hall–Kier alpha value is -2.90. The van der Waals surface area contributed by atoms with Gasteiger partial charge in [0.2, 0.25) is 11.7 Å². The summed E-state index contributed by atoms with van der Waals surface area (Å²) >= 11 is 0. The number of ether oxygens (including phenoxy) is 1. The smallest absolute Gasteiger partial charge is 0.279 e. The molecule has 4 N–H and O–H groups in total. The summed E-state index contributed by atoms with van der Waals surface area (Å²) in [5.41, 5.74) is 5.07. The van der Waals surface area contributed by atoms with Gasteiger partial charge in [-0.1, -0.05) is 0 Å². The minimum absolute atomic E-state index is 0.106. The van der Waals surface area contributed by atoms with Crippen LogP contribution in [0.2, 0.25) is 0 Å². The van der Waals surface area contributed by atoms with E-state index in [0.717, 1.165) is 18.3 Å². The molecule has 1 fully saturated rings. The molecule has 10 nitrogen and oxygen atoms in total. The minimum Gasteiger partial charge on any atom is -0.496 e. The molecule has 168 valence electrons. The Bertz CT molecular complexity index is 1090. The van der Waals surface area contributed by atoms with Crippen molar-refractivity contribution >= 4 is 27.8 Å². The van der Waals surface area contributed by atoms with Crippen LogP contribution in [0.3, 0.4) is 0 Å². The number of nitrogens with zero attached hydrogens (tertiary/aromatic N) is 3. The van der Waals surface area contributed by atoms with Gasteiger partial charge in [-0.15, -0.1) is 0 Å². The molecule has 1 saturated heterocycles. The Morgan fingerprint density at radius 1 is 1.29 bits per heavy atom. The van der Waals surface area contributed by atoms with Crippen molar-refractivity contribution in [2.75, 3.05) is 38.3 Å². The second-order valence-electron chi connectivity index (χ2n) is 6.79. The van der Waals surface area contributed by atoms with Crippen LogP contribution in [0.4, 0.5) is 20.5 Å². The van der Waals surface area contributed by atoms with E-state index in [1.54, 1.807) is 0 Å². The Labute approximate surface area is 178 Å². The molecule has 0 spiro atoms. The summed E-state index contributed by atoms with van der Waals surface area (Å²) < 4.78 is 60.1. The van der Waals surface area contributed by atoms with E-state index in [1.807, 2.05) is 0 Å². The maximum absolute atomic E-state index is 14.2. The number of halogens is 2. The number of carbonyl (C=O) groups excluding carboxylic acids is 1. The van der Waals surface area contributed by atoms with E-state index in [9.17, 15) is 22.0 Å². The molecule has 1 aliphatic heterocycles. The number of rotatable bonds is 7. The van der Waals surface area contributed by atoms with Gasteiger partial charge in [-0.2, -0.15) is 17.7 Å². The Morgan fingerprint density at radius 3 is 2.55 bits per heavy atom. The molecule has 0 saturated carbocycles. The summed E-state index contributed by atoms with van der Waals surface area (Å²) in [6.45, 7) is 0.622. The highest BCUT2D eigenvalue weighted by Gasteiger charge is 2.28. The first-order valence-corrected chi connectivity index (χ1v) is 10.8. The third-order valence-corrected chi connectivity index (χ3v) is 6.51. The second kappa shape index (κ2) is 9.08. The Morgan fingerprint density at radius 2 is 1.97 bits per heavy atom. The molecule has 0 atom stereocenters. The van der Waals surface area contributed by atoms with Gasteiger partial charge in [0, 0.05) is 32.4 Å². The van der Waals surface area contributed by atoms with Crippen molar-refractivity contribution in [3.05, 3.63) is 41.1 Å². The standard InChI is InChI=1S/C18H22F2N6O4S/c1-22-31(28,29)26-7-5-10(6-8-26)24-18-23-9-11(17(21)25-18)16(27)14-13(30-2)4-3-12(19)15(14)20/h3-4,9-10,22H,5-8H2,1-2H3,(H3,21,23,24,25). The van der Waals surface area contributed by atoms with Crippen molar-refractivity contribution in [1.29, 1.82) is 0 Å². The number of benzene rings is 1. The van der Waals surface area contributed by atoms with Crippen LogP contribution >= 0.6 is 0 Å². The van der Waals surface area contributed by atoms with Crippen molar-refractivity contribution in [2.45, 2.75) is 18.9 Å². The number of carbonyl (C=O) groups is 1. The van der Waals surface area contributed by atoms with Crippen LogP contribution in [0.25, 0.3) is 0 Å². The number of aromatic nitrogens is 2. The van der Waals surface area contributed by atoms with Gasteiger partial charge in [0.25, 0.3) is 10.2 Å². The fraction of sp³-hybridized carbons (Fsp3) is 0.389. The van der Waals surface area contributed by atoms with Crippen molar-refractivity contribution in [2.24, 2.45) is 0 Å². The molecule has 13 heteroatoms. The summed E-state index contributed by atoms with van der Waals surface area (Å²) in [4.78, 5) is 20.8. The summed E-state index contributed by atoms with van der Waals surface area (Å²) in [5.74, 6) is -3.70. The average Bonchev–Trinajstić information content (AvgIpc) is 2.75. The molecule has 0 unspecified atom stereocenters. The van der Waals surface area contributed by atoms with Crippen molar-refractivity contribution in [3.63, 3.8) is 0 Å². The van der Waals surface area contributed by atoms with Crippen LogP contribution < -0.4 is 20.5 Å². The van der Waals surface area contributed by atoms with E-state index in [4.69, 9.17) is 10.5 Å². The van der Waals surface area contributed by atoms with Crippen LogP contribution in [0.15, 0.2) is 18.3 Å². The quantitative estimate of drug-likeness (QED) is 0.523. The number of anilines is 2. The molecule has 1 aromatic heterocycles. The van der Waals surface area contributed by atoms with Crippen molar-refractivity contribution in [1.82, 2.24) is 19.0 Å². The largest absolute Gasteiger partial charge is 0.496 e. The zero-order valence-electron chi connectivity index (χ0n) is 16.9. The van der Waals surface area contributed by atoms with Gasteiger partial charge in [-0.25, -0.2) is 18.5 Å². The number of piperidine rings is 1. The molecule has 2 aromatic rings. The molecule has 0 aliphatic carbocycles. The first kappa shape index (κ1) is 22.8. The summed E-state index contributed by atoms with van der Waals surface area (Å²) in [7, 11) is -0.902. The molecule has 2 heterocycles. The highest BCUT2D eigenvalue weighted by Crippen LogP contribution is 2.28. The third kappa shape index (κ3) is 4.73. The number of nitrogens with two attached hydrogens (primary N) is 1. The van der Waals surface area contributed by atoms with Crippen LogP contribution in [-0.4, -0.2) is 61.8 Å². The highest BCUT2D eigenvalue weighted by atomic mass is 32.2. The van der Waals surface area contributed by atoms with Crippen molar-refractivity contribution in [3.8, 4) is 5.75 Å². The van der Waals surface area contributed by atoms with E-state index < -0.39 is 33.2 Å². The molecular weight excluding hydrogens is 434 g/mol. The van der Waals surface area contributed by atoms with Gasteiger partial charge in [0.15, 0.2) is 11.6 Å². The topological polar surface area (TPSA) is 140 Å². The summed E-state index contributed by atoms with van der Waals surface area (Å²) in [5, 5.41) is 3.05. The van der Waals surface area contributed by atoms with Gasteiger partial charge in [0.05, 0.1) is 12.7 Å². The molecule has 0 amide bonds. The van der Waals surface area contributed by atoms with Crippen molar-refractivity contribution < 1.29 is 26.7 Å². The molecule has 0 bridgehead atoms. The molecule has 31 heavy (non-hydrogen) atoms. The zero-order chi connectivity index (χ0) is 22.8. The van der Waals surface area contributed by atoms with Gasteiger partial charge in [-0.3, -0.25) is 4.79 Å². The minimum atomic E-state index is -3.48. The normalized spacial score (nSPS) is 15.6. The summed E-state index contributed by atoms with van der Waals surface area (Å²) in [6.07, 6.45) is 2.14. The molecule has 1 aromatic carbocycles. The zero-order valence-corrected chi connectivity index (χ0v) is 17.7. The van der Waals surface area contributed by atoms with Gasteiger partial charge < -0.3 is 15.8 Å². The lowest BCUT2D eigenvalue weighted by Crippen LogP contribution is -2.46. The number of hydrogen-bond donors (Lipinski definition) is 3.